The molecule has 0 heterocycles. The van der Waals surface area contributed by atoms with Gasteiger partial charge in [-0.2, -0.15) is 0 Å². The quantitative estimate of drug-likeness (QED) is 0.591. The summed E-state index contributed by atoms with van der Waals surface area (Å²) >= 11 is 3.88. The van der Waals surface area contributed by atoms with Gasteiger partial charge in [-0.15, -0.1) is 0 Å². The molecule has 0 aliphatic rings. The Bertz CT molecular complexity index is 958. The Labute approximate surface area is 164 Å². The van der Waals surface area contributed by atoms with E-state index in [1.165, 1.54) is 0 Å². The molecule has 3 aromatic rings. The maximum Gasteiger partial charge on any atom is 0.262 e. The van der Waals surface area contributed by atoms with Gasteiger partial charge in [-0.05, 0) is 53.6 Å². The van der Waals surface area contributed by atoms with Gasteiger partial charge >= 0.3 is 0 Å². The summed E-state index contributed by atoms with van der Waals surface area (Å²) in [6.07, 6.45) is 0. The first-order valence-electron chi connectivity index (χ1n) is 8.01. The number of ether oxygens (including phenoxy) is 1. The first kappa shape index (κ1) is 19.1. The summed E-state index contributed by atoms with van der Waals surface area (Å²) in [6.45, 7) is -0.123. The molecule has 2 N–H and O–H groups in total. The summed E-state index contributed by atoms with van der Waals surface area (Å²) < 4.78 is 25.5. The molecule has 0 radical (unpaired) electrons. The third kappa shape index (κ3) is 5.40. The average molecular weight is 402 g/mol. The lowest BCUT2D eigenvalue weighted by Crippen LogP contribution is -2.20. The predicted molar refractivity (Wildman–Crippen MR) is 106 cm³/mol. The highest BCUT2D eigenvalue weighted by atomic mass is 35.5. The highest BCUT2D eigenvalue weighted by molar-refractivity contribution is 7.79. The van der Waals surface area contributed by atoms with Crippen LogP contribution in [0.25, 0.3) is 11.1 Å². The zero-order valence-electron chi connectivity index (χ0n) is 14.1. The molecule has 0 aliphatic carbocycles. The lowest BCUT2D eigenvalue weighted by Gasteiger charge is -2.09. The van der Waals surface area contributed by atoms with E-state index in [-0.39, 0.29) is 12.5 Å². The predicted octanol–water partition coefficient (Wildman–Crippen LogP) is 4.61. The van der Waals surface area contributed by atoms with Gasteiger partial charge in [0.1, 0.15) is 5.75 Å². The van der Waals surface area contributed by atoms with Gasteiger partial charge < -0.3 is 14.6 Å². The smallest absolute Gasteiger partial charge is 0.262 e. The van der Waals surface area contributed by atoms with Crippen molar-refractivity contribution in [3.63, 3.8) is 0 Å². The van der Waals surface area contributed by atoms with Crippen molar-refractivity contribution < 1.29 is 18.3 Å². The topological polar surface area (TPSA) is 75.6 Å². The maximum absolute atomic E-state index is 12.0. The van der Waals surface area contributed by atoms with Gasteiger partial charge in [0.15, 0.2) is 17.7 Å². The second kappa shape index (κ2) is 8.81. The number of nitrogens with one attached hydrogen (secondary N) is 1. The van der Waals surface area contributed by atoms with Crippen LogP contribution in [0.5, 0.6) is 5.75 Å². The van der Waals surface area contributed by atoms with Crippen LogP contribution in [-0.4, -0.2) is 21.3 Å². The maximum atomic E-state index is 12.0. The fourth-order valence-electron chi connectivity index (χ4n) is 2.41. The summed E-state index contributed by atoms with van der Waals surface area (Å²) in [5.41, 5.74) is 2.48. The number of carbonyl (C=O) groups is 1. The second-order valence-corrected chi connectivity index (χ2v) is 7.05. The molecule has 0 aliphatic heterocycles. The normalized spacial score (nSPS) is 11.6. The van der Waals surface area contributed by atoms with E-state index in [4.69, 9.17) is 20.9 Å². The summed E-state index contributed by atoms with van der Waals surface area (Å²) in [5.74, 6) is 0.248. The van der Waals surface area contributed by atoms with E-state index in [1.54, 1.807) is 60.7 Å². The molecule has 27 heavy (non-hydrogen) atoms. The molecular weight excluding hydrogens is 386 g/mol. The van der Waals surface area contributed by atoms with E-state index in [2.05, 4.69) is 5.32 Å². The molecule has 3 rings (SSSR count). The van der Waals surface area contributed by atoms with Crippen LogP contribution in [0.1, 0.15) is 0 Å². The van der Waals surface area contributed by atoms with Gasteiger partial charge in [0.05, 0.1) is 4.90 Å². The summed E-state index contributed by atoms with van der Waals surface area (Å²) in [6, 6.07) is 20.9. The van der Waals surface area contributed by atoms with Crippen LogP contribution in [0, 0.1) is 0 Å². The lowest BCUT2D eigenvalue weighted by atomic mass is 10.1. The van der Waals surface area contributed by atoms with Gasteiger partial charge in [0.25, 0.3) is 5.91 Å². The van der Waals surface area contributed by atoms with Crippen LogP contribution in [0.4, 0.5) is 5.69 Å². The zero-order chi connectivity index (χ0) is 19.2. The van der Waals surface area contributed by atoms with Crippen molar-refractivity contribution in [2.75, 3.05) is 11.9 Å². The third-order valence-corrected chi connectivity index (χ3v) is 4.63. The van der Waals surface area contributed by atoms with Crippen molar-refractivity contribution in [2.24, 2.45) is 0 Å². The lowest BCUT2D eigenvalue weighted by molar-refractivity contribution is -0.118. The molecule has 0 saturated carbocycles. The number of amides is 1. The number of hydrogen-bond acceptors (Lipinski definition) is 3. The van der Waals surface area contributed by atoms with Crippen LogP contribution in [0.2, 0.25) is 5.02 Å². The number of benzene rings is 3. The van der Waals surface area contributed by atoms with E-state index < -0.39 is 11.1 Å². The van der Waals surface area contributed by atoms with Crippen molar-refractivity contribution in [1.82, 2.24) is 0 Å². The molecular formula is C20H16ClNO4S. The van der Waals surface area contributed by atoms with Crippen molar-refractivity contribution in [3.05, 3.63) is 77.8 Å². The summed E-state index contributed by atoms with van der Waals surface area (Å²) in [5, 5.41) is 3.30. The number of hydrogen-bond donors (Lipinski definition) is 2. The van der Waals surface area contributed by atoms with Crippen LogP contribution < -0.4 is 10.1 Å². The van der Waals surface area contributed by atoms with Gasteiger partial charge in [0, 0.05) is 10.7 Å². The van der Waals surface area contributed by atoms with E-state index in [1.807, 2.05) is 12.1 Å². The number of halogens is 1. The first-order chi connectivity index (χ1) is 13.0. The Morgan fingerprint density at radius 2 is 1.63 bits per heavy atom. The molecule has 1 amide bonds. The first-order valence-corrected chi connectivity index (χ1v) is 9.49. The fraction of sp³-hybridized carbons (Fsp3) is 0.0500. The van der Waals surface area contributed by atoms with Crippen LogP contribution in [-0.2, 0) is 15.9 Å². The van der Waals surface area contributed by atoms with E-state index in [0.29, 0.717) is 21.4 Å². The average Bonchev–Trinajstić information content (AvgIpc) is 2.67. The van der Waals surface area contributed by atoms with Gasteiger partial charge in [-0.1, -0.05) is 41.9 Å². The van der Waals surface area contributed by atoms with Gasteiger partial charge in [-0.25, -0.2) is 4.21 Å². The van der Waals surface area contributed by atoms with Crippen molar-refractivity contribution in [1.29, 1.82) is 0 Å². The molecule has 0 spiro atoms. The van der Waals surface area contributed by atoms with Gasteiger partial charge in [0.2, 0.25) is 0 Å². The van der Waals surface area contributed by atoms with E-state index >= 15 is 0 Å². The highest BCUT2D eigenvalue weighted by Crippen LogP contribution is 2.23. The third-order valence-electron chi connectivity index (χ3n) is 3.72. The zero-order valence-corrected chi connectivity index (χ0v) is 15.7. The molecule has 7 heteroatoms. The molecule has 138 valence electrons. The molecule has 0 aromatic heterocycles. The number of anilines is 1. The molecule has 0 bridgehead atoms. The fourth-order valence-corrected chi connectivity index (χ4v) is 2.96. The van der Waals surface area contributed by atoms with E-state index in [0.717, 1.165) is 11.1 Å². The number of rotatable bonds is 6. The summed E-state index contributed by atoms with van der Waals surface area (Å²) in [4.78, 5) is 12.4. The monoisotopic (exact) mass is 401 g/mol. The number of carbonyl (C=O) groups excluding carboxylic acids is 1. The Hall–Kier alpha value is -2.67. The molecule has 0 saturated heterocycles. The van der Waals surface area contributed by atoms with Crippen LogP contribution >= 0.6 is 11.6 Å². The van der Waals surface area contributed by atoms with E-state index in [9.17, 15) is 9.00 Å². The SMILES string of the molecule is O=C(COc1cccc(Cl)c1)Nc1ccc(-c2ccc(S(=O)O)cc2)cc1. The minimum Gasteiger partial charge on any atom is -0.484 e. The molecule has 0 fully saturated rings. The molecule has 1 atom stereocenters. The molecule has 3 aromatic carbocycles. The molecule has 1 unspecified atom stereocenters. The molecule has 5 nitrogen and oxygen atoms in total. The van der Waals surface area contributed by atoms with Crippen molar-refractivity contribution in [2.45, 2.75) is 4.90 Å². The van der Waals surface area contributed by atoms with Crippen molar-refractivity contribution in [3.8, 4) is 16.9 Å². The Morgan fingerprint density at radius 3 is 2.22 bits per heavy atom. The standard InChI is InChI=1S/C20H16ClNO4S/c21-16-2-1-3-18(12-16)26-13-20(23)22-17-8-4-14(5-9-17)15-6-10-19(11-7-15)27(24)25/h1-12H,13H2,(H,22,23)(H,24,25). The van der Waals surface area contributed by atoms with Crippen molar-refractivity contribution >= 4 is 34.3 Å². The van der Waals surface area contributed by atoms with Crippen LogP contribution in [0.15, 0.2) is 77.7 Å². The van der Waals surface area contributed by atoms with Gasteiger partial charge in [-0.3, -0.25) is 4.79 Å². The highest BCUT2D eigenvalue weighted by Gasteiger charge is 2.06. The largest absolute Gasteiger partial charge is 0.484 e. The second-order valence-electron chi connectivity index (χ2n) is 5.65. The minimum atomic E-state index is -1.99. The van der Waals surface area contributed by atoms with Crippen LogP contribution in [0.3, 0.4) is 0 Å². The Balaban J connectivity index is 1.58. The minimum absolute atomic E-state index is 0.123. The Kier molecular flexibility index (Phi) is 6.24. The summed E-state index contributed by atoms with van der Waals surface area (Å²) in [7, 11) is 0. The Morgan fingerprint density at radius 1 is 1.00 bits per heavy atom.